The van der Waals surface area contributed by atoms with Crippen LogP contribution in [0.15, 0.2) is 0 Å². The summed E-state index contributed by atoms with van der Waals surface area (Å²) in [5, 5.41) is 28.0. The van der Waals surface area contributed by atoms with Gasteiger partial charge < -0.3 is 0 Å². The SMILES string of the molecule is CCCC(C#N)N(C(C#N)CCC)C(C#N)CCC. The molecule has 0 bridgehead atoms. The van der Waals surface area contributed by atoms with Crippen LogP contribution < -0.4 is 0 Å². The molecule has 0 spiro atoms. The fraction of sp³-hybridized carbons (Fsp3) is 0.800. The van der Waals surface area contributed by atoms with Crippen molar-refractivity contribution in [3.8, 4) is 18.2 Å². The minimum atomic E-state index is -0.336. The van der Waals surface area contributed by atoms with E-state index in [0.29, 0.717) is 19.3 Å². The van der Waals surface area contributed by atoms with Gasteiger partial charge in [-0.3, -0.25) is 4.90 Å². The van der Waals surface area contributed by atoms with Gasteiger partial charge in [0, 0.05) is 0 Å². The molecule has 0 saturated carbocycles. The Balaban J connectivity index is 5.27. The van der Waals surface area contributed by atoms with E-state index in [4.69, 9.17) is 0 Å². The smallest absolute Gasteiger partial charge is 0.0998 e. The Morgan fingerprint density at radius 2 is 0.947 bits per heavy atom. The Bertz CT molecular complexity index is 301. The third kappa shape index (κ3) is 5.29. The second kappa shape index (κ2) is 10.4. The zero-order valence-corrected chi connectivity index (χ0v) is 12.3. The van der Waals surface area contributed by atoms with E-state index in [1.165, 1.54) is 0 Å². The summed E-state index contributed by atoms with van der Waals surface area (Å²) in [6.45, 7) is 6.06. The van der Waals surface area contributed by atoms with Crippen LogP contribution in [-0.4, -0.2) is 23.0 Å². The van der Waals surface area contributed by atoms with E-state index in [2.05, 4.69) is 18.2 Å². The second-order valence-corrected chi connectivity index (χ2v) is 4.75. The molecule has 0 aromatic rings. The first-order valence-electron chi connectivity index (χ1n) is 7.16. The van der Waals surface area contributed by atoms with E-state index in [1.54, 1.807) is 0 Å². The van der Waals surface area contributed by atoms with Gasteiger partial charge in [-0.2, -0.15) is 15.8 Å². The molecule has 0 N–H and O–H groups in total. The monoisotopic (exact) mass is 260 g/mol. The van der Waals surface area contributed by atoms with Gasteiger partial charge in [0.25, 0.3) is 0 Å². The van der Waals surface area contributed by atoms with Gasteiger partial charge in [-0.25, -0.2) is 0 Å². The molecule has 0 amide bonds. The highest BCUT2D eigenvalue weighted by Gasteiger charge is 2.31. The average molecular weight is 260 g/mol. The van der Waals surface area contributed by atoms with Gasteiger partial charge in [-0.1, -0.05) is 40.0 Å². The number of nitrogens with zero attached hydrogens (tertiary/aromatic N) is 4. The summed E-state index contributed by atoms with van der Waals surface area (Å²) >= 11 is 0. The quantitative estimate of drug-likeness (QED) is 0.637. The molecule has 0 aliphatic carbocycles. The second-order valence-electron chi connectivity index (χ2n) is 4.75. The molecule has 0 radical (unpaired) electrons. The van der Waals surface area contributed by atoms with Crippen molar-refractivity contribution < 1.29 is 0 Å². The van der Waals surface area contributed by atoms with Crippen molar-refractivity contribution in [3.05, 3.63) is 0 Å². The van der Waals surface area contributed by atoms with Crippen LogP contribution in [0.25, 0.3) is 0 Å². The fourth-order valence-electron chi connectivity index (χ4n) is 2.31. The van der Waals surface area contributed by atoms with E-state index in [9.17, 15) is 15.8 Å². The lowest BCUT2D eigenvalue weighted by Gasteiger charge is -2.34. The molecule has 0 fully saturated rings. The topological polar surface area (TPSA) is 74.6 Å². The summed E-state index contributed by atoms with van der Waals surface area (Å²) in [7, 11) is 0. The van der Waals surface area contributed by atoms with Crippen LogP contribution in [0.1, 0.15) is 59.3 Å². The Hall–Kier alpha value is -1.57. The lowest BCUT2D eigenvalue weighted by molar-refractivity contribution is 0.142. The van der Waals surface area contributed by atoms with Gasteiger partial charge in [0.15, 0.2) is 0 Å². The van der Waals surface area contributed by atoms with Gasteiger partial charge in [-0.05, 0) is 19.3 Å². The minimum absolute atomic E-state index is 0.336. The largest absolute Gasteiger partial charge is 0.256 e. The van der Waals surface area contributed by atoms with E-state index < -0.39 is 0 Å². The molecule has 104 valence electrons. The third-order valence-electron chi connectivity index (χ3n) is 3.21. The molecule has 0 aliphatic heterocycles. The first-order chi connectivity index (χ1) is 9.19. The van der Waals surface area contributed by atoms with Gasteiger partial charge >= 0.3 is 0 Å². The van der Waals surface area contributed by atoms with Crippen molar-refractivity contribution in [1.82, 2.24) is 4.90 Å². The normalized spacial score (nSPS) is 15.0. The predicted molar refractivity (Wildman–Crippen MR) is 74.8 cm³/mol. The van der Waals surface area contributed by atoms with Crippen LogP contribution in [0.4, 0.5) is 0 Å². The first-order valence-corrected chi connectivity index (χ1v) is 7.16. The lowest BCUT2D eigenvalue weighted by Crippen LogP contribution is -2.48. The zero-order chi connectivity index (χ0) is 14.7. The van der Waals surface area contributed by atoms with Gasteiger partial charge in [-0.15, -0.1) is 0 Å². The summed E-state index contributed by atoms with van der Waals surface area (Å²) in [6.07, 6.45) is 4.76. The van der Waals surface area contributed by atoms with Gasteiger partial charge in [0.05, 0.1) is 36.3 Å². The van der Waals surface area contributed by atoms with E-state index in [-0.39, 0.29) is 18.1 Å². The Morgan fingerprint density at radius 3 is 1.11 bits per heavy atom. The Labute approximate surface area is 117 Å². The predicted octanol–water partition coefficient (Wildman–Crippen LogP) is 3.37. The molecule has 4 heteroatoms. The van der Waals surface area contributed by atoms with Crippen LogP contribution in [0, 0.1) is 34.0 Å². The highest BCUT2D eigenvalue weighted by molar-refractivity contribution is 5.07. The summed E-state index contributed by atoms with van der Waals surface area (Å²) in [5.41, 5.74) is 0. The summed E-state index contributed by atoms with van der Waals surface area (Å²) < 4.78 is 0. The molecule has 3 atom stereocenters. The molecule has 0 aliphatic rings. The summed E-state index contributed by atoms with van der Waals surface area (Å²) in [5.74, 6) is 0. The van der Waals surface area contributed by atoms with E-state index >= 15 is 0 Å². The molecule has 3 unspecified atom stereocenters. The number of hydrogen-bond donors (Lipinski definition) is 0. The van der Waals surface area contributed by atoms with Gasteiger partial charge in [0.2, 0.25) is 0 Å². The molecule has 0 saturated heterocycles. The minimum Gasteiger partial charge on any atom is -0.256 e. The lowest BCUT2D eigenvalue weighted by atomic mass is 10.0. The van der Waals surface area contributed by atoms with Crippen LogP contribution in [0.5, 0.6) is 0 Å². The molecule has 0 aromatic carbocycles. The Morgan fingerprint density at radius 1 is 0.684 bits per heavy atom. The average Bonchev–Trinajstić information content (AvgIpc) is 2.43. The summed E-state index contributed by atoms with van der Waals surface area (Å²) in [6, 6.07) is 5.81. The first kappa shape index (κ1) is 17.4. The van der Waals surface area contributed by atoms with E-state index in [1.807, 2.05) is 25.7 Å². The third-order valence-corrected chi connectivity index (χ3v) is 3.21. The molecule has 0 rings (SSSR count). The Kier molecular flexibility index (Phi) is 9.51. The number of hydrogen-bond acceptors (Lipinski definition) is 4. The van der Waals surface area contributed by atoms with Crippen LogP contribution >= 0.6 is 0 Å². The highest BCUT2D eigenvalue weighted by Crippen LogP contribution is 2.20. The fourth-order valence-corrected chi connectivity index (χ4v) is 2.31. The molecule has 4 nitrogen and oxygen atoms in total. The number of rotatable bonds is 9. The van der Waals surface area contributed by atoms with Crippen molar-refractivity contribution in [2.45, 2.75) is 77.4 Å². The van der Waals surface area contributed by atoms with Crippen molar-refractivity contribution in [2.75, 3.05) is 0 Å². The molecular formula is C15H24N4. The van der Waals surface area contributed by atoms with Crippen molar-refractivity contribution in [2.24, 2.45) is 0 Å². The van der Waals surface area contributed by atoms with Crippen molar-refractivity contribution >= 4 is 0 Å². The van der Waals surface area contributed by atoms with Crippen molar-refractivity contribution in [3.63, 3.8) is 0 Å². The van der Waals surface area contributed by atoms with Crippen molar-refractivity contribution in [1.29, 1.82) is 15.8 Å². The van der Waals surface area contributed by atoms with Crippen LogP contribution in [-0.2, 0) is 0 Å². The van der Waals surface area contributed by atoms with Crippen LogP contribution in [0.2, 0.25) is 0 Å². The highest BCUT2D eigenvalue weighted by atomic mass is 15.2. The maximum atomic E-state index is 9.34. The zero-order valence-electron chi connectivity index (χ0n) is 12.3. The molecular weight excluding hydrogens is 236 g/mol. The molecule has 0 heterocycles. The standard InChI is InChI=1S/C15H24N4/c1-4-7-13(10-16)19(14(11-17)8-5-2)15(12-18)9-6-3/h13-15H,4-9H2,1-3H3. The van der Waals surface area contributed by atoms with E-state index in [0.717, 1.165) is 19.3 Å². The molecule has 19 heavy (non-hydrogen) atoms. The summed E-state index contributed by atoms with van der Waals surface area (Å²) in [4.78, 5) is 1.84. The maximum Gasteiger partial charge on any atom is 0.0998 e. The van der Waals surface area contributed by atoms with Crippen LogP contribution in [0.3, 0.4) is 0 Å². The van der Waals surface area contributed by atoms with Gasteiger partial charge in [0.1, 0.15) is 0 Å². The molecule has 0 aromatic heterocycles. The number of nitriles is 3. The maximum absolute atomic E-state index is 9.34.